The Kier molecular flexibility index (Phi) is 10.4. The van der Waals surface area contributed by atoms with Crippen molar-refractivity contribution in [3.05, 3.63) is 59.7 Å². The van der Waals surface area contributed by atoms with Gasteiger partial charge < -0.3 is 34.7 Å². The van der Waals surface area contributed by atoms with Gasteiger partial charge in [0.25, 0.3) is 0 Å². The largest absolute Gasteiger partial charge is 0.494 e. The number of aromatic amines is 1. The van der Waals surface area contributed by atoms with E-state index in [1.807, 2.05) is 51.1 Å². The van der Waals surface area contributed by atoms with Gasteiger partial charge in [-0.25, -0.2) is 13.2 Å². The van der Waals surface area contributed by atoms with E-state index in [4.69, 9.17) is 14.2 Å². The van der Waals surface area contributed by atoms with E-state index in [1.165, 1.54) is 22.7 Å². The molecule has 1 aromatic heterocycles. The van der Waals surface area contributed by atoms with Crippen molar-refractivity contribution < 1.29 is 37.6 Å². The molecule has 3 aromatic rings. The highest BCUT2D eigenvalue weighted by atomic mass is 32.2. The number of hydrogen-bond donors (Lipinski definition) is 4. The van der Waals surface area contributed by atoms with E-state index < -0.39 is 34.4 Å². The van der Waals surface area contributed by atoms with Gasteiger partial charge in [0.05, 0.1) is 41.7 Å². The molecule has 0 saturated carbocycles. The van der Waals surface area contributed by atoms with Crippen LogP contribution >= 0.6 is 0 Å². The number of aromatic hydroxyl groups is 1. The van der Waals surface area contributed by atoms with Gasteiger partial charge in [0.2, 0.25) is 10.0 Å². The van der Waals surface area contributed by atoms with Gasteiger partial charge in [-0.1, -0.05) is 44.2 Å². The molecule has 0 spiro atoms. The molecule has 2 aromatic carbocycles. The van der Waals surface area contributed by atoms with E-state index in [2.05, 4.69) is 15.3 Å². The number of nitrogens with zero attached hydrogens (tertiary/aromatic N) is 2. The number of hydrogen-bond acceptors (Lipinski definition) is 9. The van der Waals surface area contributed by atoms with E-state index in [0.717, 1.165) is 12.0 Å². The highest BCUT2D eigenvalue weighted by molar-refractivity contribution is 7.89. The number of ether oxygens (including phenoxy) is 3. The molecule has 13 heteroatoms. The third-order valence-electron chi connectivity index (χ3n) is 8.10. The summed E-state index contributed by atoms with van der Waals surface area (Å²) in [7, 11) is -4.12. The maximum Gasteiger partial charge on any atom is 0.407 e. The normalized spacial score (nSPS) is 21.5. The maximum atomic E-state index is 14.1. The zero-order chi connectivity index (χ0) is 32.1. The molecule has 2 aliphatic heterocycles. The molecule has 12 nitrogen and oxygen atoms in total. The molecule has 3 heterocycles. The Bertz CT molecular complexity index is 1590. The molecular weight excluding hydrogens is 600 g/mol. The van der Waals surface area contributed by atoms with Crippen LogP contribution in [0.15, 0.2) is 58.4 Å². The van der Waals surface area contributed by atoms with E-state index in [0.29, 0.717) is 29.6 Å². The van der Waals surface area contributed by atoms with Crippen molar-refractivity contribution in [2.75, 3.05) is 32.8 Å². The fourth-order valence-corrected chi connectivity index (χ4v) is 7.48. The minimum absolute atomic E-state index is 0.00884. The number of alkyl carbamates (subject to hydrolysis) is 1. The van der Waals surface area contributed by atoms with E-state index >= 15 is 0 Å². The summed E-state index contributed by atoms with van der Waals surface area (Å²) in [5, 5.41) is 25.3. The minimum atomic E-state index is -4.12. The summed E-state index contributed by atoms with van der Waals surface area (Å²) in [5.41, 5.74) is 1.81. The number of H-pyrrole nitrogens is 1. The van der Waals surface area contributed by atoms with Crippen molar-refractivity contribution in [2.45, 2.75) is 63.0 Å². The molecule has 0 bridgehead atoms. The number of carbonyl (C=O) groups excluding carboxylic acids is 1. The van der Waals surface area contributed by atoms with Crippen LogP contribution in [0.3, 0.4) is 0 Å². The molecular formula is C32H42N4O8S. The zero-order valence-corrected chi connectivity index (χ0v) is 26.6. The Hall–Kier alpha value is -3.49. The standard InChI is InChI=1S/C32H42N4O8S/c1-4-33-16-25-24-15-22(10-11-26(24)34-30(25)38)45(40,41)36(17-20(2)3)18-28(37)27(14-21-8-6-5-7-9-21)35-32(39)44-29-19-43-31-23(29)12-13-42-31/h5-11,15-16,20,23,27-29,31,34,37-38H,4,12-14,17-19H2,1-3H3,(H,35,39)/t23?,27-,28+,29-,31?/m0/s1. The van der Waals surface area contributed by atoms with Gasteiger partial charge in [0, 0.05) is 36.8 Å². The van der Waals surface area contributed by atoms with Crippen molar-refractivity contribution in [3.63, 3.8) is 0 Å². The maximum absolute atomic E-state index is 14.1. The van der Waals surface area contributed by atoms with Crippen molar-refractivity contribution in [1.82, 2.24) is 14.6 Å². The summed E-state index contributed by atoms with van der Waals surface area (Å²) in [5.74, 6) is -0.213. The van der Waals surface area contributed by atoms with Crippen LogP contribution in [-0.4, -0.2) is 97.6 Å². The lowest BCUT2D eigenvalue weighted by Crippen LogP contribution is -2.51. The second-order valence-electron chi connectivity index (χ2n) is 11.9. The van der Waals surface area contributed by atoms with Crippen LogP contribution in [-0.2, 0) is 30.7 Å². The van der Waals surface area contributed by atoms with Crippen LogP contribution in [0, 0.1) is 11.8 Å². The van der Waals surface area contributed by atoms with E-state index in [-0.39, 0.29) is 55.0 Å². The third-order valence-corrected chi connectivity index (χ3v) is 9.93. The first-order chi connectivity index (χ1) is 21.6. The van der Waals surface area contributed by atoms with Gasteiger partial charge in [-0.2, -0.15) is 4.31 Å². The van der Waals surface area contributed by atoms with Crippen molar-refractivity contribution >= 4 is 33.2 Å². The van der Waals surface area contributed by atoms with Gasteiger partial charge in [-0.3, -0.25) is 4.99 Å². The Morgan fingerprint density at radius 3 is 2.71 bits per heavy atom. The number of carbonyl (C=O) groups is 1. The number of aromatic nitrogens is 1. The van der Waals surface area contributed by atoms with Gasteiger partial charge in [-0.15, -0.1) is 0 Å². The predicted molar refractivity (Wildman–Crippen MR) is 169 cm³/mol. The van der Waals surface area contributed by atoms with Gasteiger partial charge in [-0.05, 0) is 49.4 Å². The number of amides is 1. The van der Waals surface area contributed by atoms with Crippen LogP contribution in [0.2, 0.25) is 0 Å². The first kappa shape index (κ1) is 32.9. The first-order valence-corrected chi connectivity index (χ1v) is 16.8. The number of aliphatic imine (C=N–C) groups is 1. The van der Waals surface area contributed by atoms with Gasteiger partial charge in [0.15, 0.2) is 12.2 Å². The van der Waals surface area contributed by atoms with Crippen LogP contribution in [0.5, 0.6) is 5.88 Å². The molecule has 2 aliphatic rings. The number of sulfonamides is 1. The Labute approximate surface area is 263 Å². The first-order valence-electron chi connectivity index (χ1n) is 15.3. The Morgan fingerprint density at radius 2 is 1.98 bits per heavy atom. The lowest BCUT2D eigenvalue weighted by atomic mass is 10.0. The summed E-state index contributed by atoms with van der Waals surface area (Å²) in [6.45, 7) is 6.76. The summed E-state index contributed by atoms with van der Waals surface area (Å²) in [6, 6.07) is 13.0. The topological polar surface area (TPSA) is 163 Å². The van der Waals surface area contributed by atoms with Crippen molar-refractivity contribution in [3.8, 4) is 5.88 Å². The predicted octanol–water partition coefficient (Wildman–Crippen LogP) is 3.42. The number of nitrogens with one attached hydrogen (secondary N) is 2. The molecule has 4 N–H and O–H groups in total. The number of fused-ring (bicyclic) bond motifs is 2. The summed E-state index contributed by atoms with van der Waals surface area (Å²) in [6.07, 6.45) is -0.363. The Morgan fingerprint density at radius 1 is 1.20 bits per heavy atom. The lowest BCUT2D eigenvalue weighted by Gasteiger charge is -2.31. The summed E-state index contributed by atoms with van der Waals surface area (Å²) in [4.78, 5) is 20.2. The fourth-order valence-electron chi connectivity index (χ4n) is 5.84. The van der Waals surface area contributed by atoms with Crippen LogP contribution in [0.1, 0.15) is 38.3 Å². The molecule has 244 valence electrons. The molecule has 0 radical (unpaired) electrons. The smallest absolute Gasteiger partial charge is 0.407 e. The monoisotopic (exact) mass is 642 g/mol. The number of rotatable bonds is 13. The molecule has 2 fully saturated rings. The molecule has 5 rings (SSSR count). The summed E-state index contributed by atoms with van der Waals surface area (Å²) >= 11 is 0. The fraction of sp³-hybridized carbons (Fsp3) is 0.500. The molecule has 45 heavy (non-hydrogen) atoms. The third kappa shape index (κ3) is 7.67. The molecule has 2 unspecified atom stereocenters. The highest BCUT2D eigenvalue weighted by Crippen LogP contribution is 2.33. The van der Waals surface area contributed by atoms with Crippen LogP contribution in [0.25, 0.3) is 10.9 Å². The van der Waals surface area contributed by atoms with E-state index in [1.54, 1.807) is 6.07 Å². The van der Waals surface area contributed by atoms with Gasteiger partial charge >= 0.3 is 6.09 Å². The van der Waals surface area contributed by atoms with Crippen molar-refractivity contribution in [1.29, 1.82) is 0 Å². The molecule has 5 atom stereocenters. The zero-order valence-electron chi connectivity index (χ0n) is 25.8. The summed E-state index contributed by atoms with van der Waals surface area (Å²) < 4.78 is 46.2. The van der Waals surface area contributed by atoms with Crippen molar-refractivity contribution in [2.24, 2.45) is 16.8 Å². The molecule has 1 amide bonds. The molecule has 0 aliphatic carbocycles. The van der Waals surface area contributed by atoms with E-state index in [9.17, 15) is 23.4 Å². The van der Waals surface area contributed by atoms with Gasteiger partial charge in [0.1, 0.15) is 6.10 Å². The number of aliphatic hydroxyl groups is 1. The average molecular weight is 643 g/mol. The van der Waals surface area contributed by atoms with Crippen LogP contribution < -0.4 is 5.32 Å². The highest BCUT2D eigenvalue weighted by Gasteiger charge is 2.44. The molecule has 2 saturated heterocycles. The lowest BCUT2D eigenvalue weighted by molar-refractivity contribution is -0.0907. The average Bonchev–Trinajstić information content (AvgIpc) is 3.70. The Balaban J connectivity index is 1.38. The number of aliphatic hydroxyl groups excluding tert-OH is 1. The quantitative estimate of drug-likeness (QED) is 0.206. The second kappa shape index (κ2) is 14.3. The minimum Gasteiger partial charge on any atom is -0.494 e. The SMILES string of the molecule is CCN=Cc1c(O)[nH]c2ccc(S(=O)(=O)N(CC(C)C)C[C@@H](O)[C@H](Cc3ccccc3)NC(=O)O[C@H]3COC4OCCC43)cc12. The second-order valence-corrected chi connectivity index (χ2v) is 13.9. The number of benzene rings is 2. The van der Waals surface area contributed by atoms with Crippen LogP contribution in [0.4, 0.5) is 4.79 Å².